The molecule has 0 amide bonds. The van der Waals surface area contributed by atoms with E-state index in [4.69, 9.17) is 0 Å². The van der Waals surface area contributed by atoms with E-state index in [0.717, 1.165) is 19.6 Å². The summed E-state index contributed by atoms with van der Waals surface area (Å²) < 4.78 is 12.5. The highest BCUT2D eigenvalue weighted by molar-refractivity contribution is 5.26. The summed E-state index contributed by atoms with van der Waals surface area (Å²) in [5, 5.41) is 3.14. The fraction of sp³-hybridized carbons (Fsp3) is 0.556. The van der Waals surface area contributed by atoms with Crippen molar-refractivity contribution in [1.82, 2.24) is 14.9 Å². The highest BCUT2D eigenvalue weighted by Gasteiger charge is 2.25. The van der Waals surface area contributed by atoms with Crippen molar-refractivity contribution in [1.29, 1.82) is 0 Å². The molecule has 0 radical (unpaired) electrons. The second-order valence-electron chi connectivity index (χ2n) is 3.42. The number of anilines is 1. The molecule has 1 aliphatic heterocycles. The maximum Gasteiger partial charge on any atom is 0.223 e. The van der Waals surface area contributed by atoms with Crippen LogP contribution < -0.4 is 5.32 Å². The first-order chi connectivity index (χ1) is 6.78. The topological polar surface area (TPSA) is 41.0 Å². The van der Waals surface area contributed by atoms with Gasteiger partial charge in [-0.1, -0.05) is 6.92 Å². The van der Waals surface area contributed by atoms with Crippen LogP contribution >= 0.6 is 0 Å². The van der Waals surface area contributed by atoms with Crippen molar-refractivity contribution in [3.05, 3.63) is 18.2 Å². The first kappa shape index (κ1) is 9.33. The van der Waals surface area contributed by atoms with Gasteiger partial charge in [-0.15, -0.1) is 0 Å². The molecule has 1 aromatic rings. The largest absolute Gasteiger partial charge is 0.349 e. The minimum atomic E-state index is -0.403. The predicted molar refractivity (Wildman–Crippen MR) is 51.5 cm³/mol. The van der Waals surface area contributed by atoms with Gasteiger partial charge in [0.25, 0.3) is 0 Å². The molecular weight excluding hydrogens is 183 g/mol. The molecule has 2 heterocycles. The third-order valence-electron chi connectivity index (χ3n) is 2.36. The molecule has 1 aliphatic rings. The molecule has 0 unspecified atom stereocenters. The summed E-state index contributed by atoms with van der Waals surface area (Å²) in [6, 6.07) is 0.403. The van der Waals surface area contributed by atoms with E-state index in [1.807, 2.05) is 0 Å². The maximum absolute atomic E-state index is 12.5. The van der Waals surface area contributed by atoms with Crippen molar-refractivity contribution in [3.63, 3.8) is 0 Å². The predicted octanol–water partition coefficient (Wildman–Crippen LogP) is 0.732. The van der Waals surface area contributed by atoms with Gasteiger partial charge in [0.2, 0.25) is 5.95 Å². The lowest BCUT2D eigenvalue weighted by Gasteiger charge is -2.38. The number of halogens is 1. The molecule has 14 heavy (non-hydrogen) atoms. The summed E-state index contributed by atoms with van der Waals surface area (Å²) in [7, 11) is 0. The molecule has 1 saturated heterocycles. The number of aromatic nitrogens is 2. The van der Waals surface area contributed by atoms with Gasteiger partial charge in [-0.25, -0.2) is 14.4 Å². The minimum absolute atomic E-state index is 0.403. The second-order valence-corrected chi connectivity index (χ2v) is 3.42. The van der Waals surface area contributed by atoms with Gasteiger partial charge in [-0.05, 0) is 6.54 Å². The smallest absolute Gasteiger partial charge is 0.223 e. The molecule has 2 rings (SSSR count). The van der Waals surface area contributed by atoms with Gasteiger partial charge in [0.1, 0.15) is 0 Å². The Morgan fingerprint density at radius 2 is 2.14 bits per heavy atom. The first-order valence-electron chi connectivity index (χ1n) is 4.74. The van der Waals surface area contributed by atoms with E-state index < -0.39 is 5.82 Å². The Hall–Kier alpha value is -1.23. The normalized spacial score (nSPS) is 17.9. The quantitative estimate of drug-likeness (QED) is 0.773. The van der Waals surface area contributed by atoms with E-state index >= 15 is 0 Å². The lowest BCUT2D eigenvalue weighted by atomic mass is 10.1. The number of likely N-dealkylation sites (tertiary alicyclic amines) is 1. The molecular formula is C9H13FN4. The zero-order valence-electron chi connectivity index (χ0n) is 8.07. The fourth-order valence-corrected chi connectivity index (χ4v) is 1.49. The van der Waals surface area contributed by atoms with Crippen LogP contribution in [-0.2, 0) is 0 Å². The molecule has 1 N–H and O–H groups in total. The molecule has 0 aromatic carbocycles. The van der Waals surface area contributed by atoms with Crippen molar-refractivity contribution in [3.8, 4) is 0 Å². The van der Waals surface area contributed by atoms with Gasteiger partial charge in [-0.3, -0.25) is 4.90 Å². The Bertz CT molecular complexity index is 294. The van der Waals surface area contributed by atoms with Crippen LogP contribution in [0.3, 0.4) is 0 Å². The Morgan fingerprint density at radius 1 is 1.50 bits per heavy atom. The highest BCUT2D eigenvalue weighted by atomic mass is 19.1. The Morgan fingerprint density at radius 3 is 2.71 bits per heavy atom. The Labute approximate surface area is 82.2 Å². The lowest BCUT2D eigenvalue weighted by Crippen LogP contribution is -2.54. The van der Waals surface area contributed by atoms with Gasteiger partial charge in [-0.2, -0.15) is 0 Å². The van der Waals surface area contributed by atoms with E-state index in [0.29, 0.717) is 12.0 Å². The van der Waals surface area contributed by atoms with Crippen LogP contribution in [0.5, 0.6) is 0 Å². The zero-order valence-corrected chi connectivity index (χ0v) is 8.07. The monoisotopic (exact) mass is 196 g/mol. The third-order valence-corrected chi connectivity index (χ3v) is 2.36. The molecule has 1 aromatic heterocycles. The molecule has 0 atom stereocenters. The van der Waals surface area contributed by atoms with Crippen molar-refractivity contribution in [2.45, 2.75) is 13.0 Å². The van der Waals surface area contributed by atoms with Gasteiger partial charge in [0, 0.05) is 13.1 Å². The van der Waals surface area contributed by atoms with Crippen LogP contribution in [0.25, 0.3) is 0 Å². The summed E-state index contributed by atoms with van der Waals surface area (Å²) in [6.45, 7) is 5.22. The van der Waals surface area contributed by atoms with Crippen molar-refractivity contribution in [2.24, 2.45) is 0 Å². The molecule has 1 fully saturated rings. The van der Waals surface area contributed by atoms with E-state index in [2.05, 4.69) is 27.1 Å². The average molecular weight is 196 g/mol. The SMILES string of the molecule is CCN1CC(Nc2ncc(F)cn2)C1. The summed E-state index contributed by atoms with van der Waals surface area (Å²) in [6.07, 6.45) is 2.34. The second kappa shape index (κ2) is 3.88. The van der Waals surface area contributed by atoms with Crippen molar-refractivity contribution in [2.75, 3.05) is 25.0 Å². The van der Waals surface area contributed by atoms with Crippen LogP contribution in [0.1, 0.15) is 6.92 Å². The summed E-state index contributed by atoms with van der Waals surface area (Å²) in [4.78, 5) is 9.98. The summed E-state index contributed by atoms with van der Waals surface area (Å²) in [5.41, 5.74) is 0. The number of rotatable bonds is 3. The van der Waals surface area contributed by atoms with Gasteiger partial charge < -0.3 is 5.32 Å². The van der Waals surface area contributed by atoms with E-state index in [1.165, 1.54) is 12.4 Å². The number of likely N-dealkylation sites (N-methyl/N-ethyl adjacent to an activating group) is 1. The van der Waals surface area contributed by atoms with E-state index in [9.17, 15) is 4.39 Å². The number of nitrogens with zero attached hydrogens (tertiary/aromatic N) is 3. The summed E-state index contributed by atoms with van der Waals surface area (Å²) >= 11 is 0. The molecule has 4 nitrogen and oxygen atoms in total. The highest BCUT2D eigenvalue weighted by Crippen LogP contribution is 2.11. The molecule has 5 heteroatoms. The third kappa shape index (κ3) is 1.98. The standard InChI is InChI=1S/C9H13FN4/c1-2-14-5-8(6-14)13-9-11-3-7(10)4-12-9/h3-4,8H,2,5-6H2,1H3,(H,11,12,13). The van der Waals surface area contributed by atoms with Crippen molar-refractivity contribution >= 4 is 5.95 Å². The van der Waals surface area contributed by atoms with E-state index in [1.54, 1.807) is 0 Å². The Kier molecular flexibility index (Phi) is 2.58. The molecule has 76 valence electrons. The average Bonchev–Trinajstić information content (AvgIpc) is 2.13. The van der Waals surface area contributed by atoms with Gasteiger partial charge >= 0.3 is 0 Å². The lowest BCUT2D eigenvalue weighted by molar-refractivity contribution is 0.171. The summed E-state index contributed by atoms with van der Waals surface area (Å²) in [5.74, 6) is 0.103. The Balaban J connectivity index is 1.84. The zero-order chi connectivity index (χ0) is 9.97. The first-order valence-corrected chi connectivity index (χ1v) is 4.74. The number of hydrogen-bond acceptors (Lipinski definition) is 4. The van der Waals surface area contributed by atoms with Crippen LogP contribution in [0, 0.1) is 5.82 Å². The van der Waals surface area contributed by atoms with Crippen LogP contribution in [-0.4, -0.2) is 40.5 Å². The molecule has 0 aliphatic carbocycles. The van der Waals surface area contributed by atoms with E-state index in [-0.39, 0.29) is 0 Å². The number of nitrogens with one attached hydrogen (secondary N) is 1. The fourth-order valence-electron chi connectivity index (χ4n) is 1.49. The maximum atomic E-state index is 12.5. The van der Waals surface area contributed by atoms with Crippen LogP contribution in [0.15, 0.2) is 12.4 Å². The van der Waals surface area contributed by atoms with Crippen LogP contribution in [0.4, 0.5) is 10.3 Å². The van der Waals surface area contributed by atoms with Gasteiger partial charge in [0.05, 0.1) is 18.4 Å². The number of hydrogen-bond donors (Lipinski definition) is 1. The molecule has 0 spiro atoms. The van der Waals surface area contributed by atoms with Crippen LogP contribution in [0.2, 0.25) is 0 Å². The minimum Gasteiger partial charge on any atom is -0.349 e. The molecule has 0 saturated carbocycles. The van der Waals surface area contributed by atoms with Crippen molar-refractivity contribution < 1.29 is 4.39 Å². The van der Waals surface area contributed by atoms with Gasteiger partial charge in [0.15, 0.2) is 5.82 Å². The molecule has 0 bridgehead atoms.